The third-order valence-corrected chi connectivity index (χ3v) is 4.20. The lowest BCUT2D eigenvalue weighted by atomic mass is 10.0. The maximum Gasteiger partial charge on any atom is 0.304 e. The highest BCUT2D eigenvalue weighted by molar-refractivity contribution is 6.30. The molecule has 3 nitrogen and oxygen atoms in total. The third-order valence-electron chi connectivity index (χ3n) is 3.95. The zero-order valence-corrected chi connectivity index (χ0v) is 12.5. The molecule has 1 fully saturated rings. The number of nitrogens with zero attached hydrogens (tertiary/aromatic N) is 1. The van der Waals surface area contributed by atoms with Crippen molar-refractivity contribution in [3.63, 3.8) is 0 Å². The summed E-state index contributed by atoms with van der Waals surface area (Å²) in [5.41, 5.74) is 1.16. The Morgan fingerprint density at radius 1 is 1.15 bits per heavy atom. The second kappa shape index (κ2) is 7.65. The topological polar surface area (TPSA) is 40.5 Å². The molecule has 1 saturated heterocycles. The summed E-state index contributed by atoms with van der Waals surface area (Å²) in [4.78, 5) is 13.5. The quantitative estimate of drug-likeness (QED) is 0.902. The van der Waals surface area contributed by atoms with E-state index in [1.165, 1.54) is 25.7 Å². The number of rotatable bonds is 5. The monoisotopic (exact) mass is 295 g/mol. The van der Waals surface area contributed by atoms with Crippen LogP contribution in [-0.4, -0.2) is 35.1 Å². The van der Waals surface area contributed by atoms with Crippen LogP contribution in [0.15, 0.2) is 24.3 Å². The van der Waals surface area contributed by atoms with E-state index < -0.39 is 5.97 Å². The van der Waals surface area contributed by atoms with Gasteiger partial charge in [0.25, 0.3) is 0 Å². The molecule has 1 heterocycles. The Labute approximate surface area is 125 Å². The highest BCUT2D eigenvalue weighted by Crippen LogP contribution is 2.19. The van der Waals surface area contributed by atoms with Gasteiger partial charge in [-0.3, -0.25) is 9.69 Å². The van der Waals surface area contributed by atoms with Crippen molar-refractivity contribution in [2.24, 2.45) is 0 Å². The largest absolute Gasteiger partial charge is 0.481 e. The lowest BCUT2D eigenvalue weighted by molar-refractivity contribution is -0.138. The Kier molecular flexibility index (Phi) is 5.86. The summed E-state index contributed by atoms with van der Waals surface area (Å²) in [7, 11) is 0. The molecule has 0 aliphatic carbocycles. The van der Waals surface area contributed by atoms with E-state index in [0.717, 1.165) is 30.1 Å². The molecule has 0 aromatic heterocycles. The average Bonchev–Trinajstić information content (AvgIpc) is 2.69. The zero-order chi connectivity index (χ0) is 14.4. The van der Waals surface area contributed by atoms with E-state index in [0.29, 0.717) is 0 Å². The van der Waals surface area contributed by atoms with Crippen molar-refractivity contribution >= 4 is 17.6 Å². The highest BCUT2D eigenvalue weighted by Gasteiger charge is 2.22. The SMILES string of the molecule is O=C(O)CC(Cc1ccc(Cl)cc1)N1CCCCCC1. The fourth-order valence-electron chi connectivity index (χ4n) is 2.88. The average molecular weight is 296 g/mol. The maximum atomic E-state index is 11.1. The van der Waals surface area contributed by atoms with Crippen molar-refractivity contribution in [2.75, 3.05) is 13.1 Å². The normalized spacial score (nSPS) is 18.4. The number of benzene rings is 1. The Bertz CT molecular complexity index is 425. The number of carbonyl (C=O) groups is 1. The number of hydrogen-bond donors (Lipinski definition) is 1. The molecule has 1 N–H and O–H groups in total. The van der Waals surface area contributed by atoms with Crippen LogP contribution in [0.5, 0.6) is 0 Å². The van der Waals surface area contributed by atoms with Crippen LogP contribution in [0, 0.1) is 0 Å². The van der Waals surface area contributed by atoms with Crippen LogP contribution in [0.1, 0.15) is 37.7 Å². The van der Waals surface area contributed by atoms with Gasteiger partial charge >= 0.3 is 5.97 Å². The lowest BCUT2D eigenvalue weighted by Crippen LogP contribution is -2.39. The first-order valence-corrected chi connectivity index (χ1v) is 7.73. The zero-order valence-electron chi connectivity index (χ0n) is 11.7. The van der Waals surface area contributed by atoms with Crippen LogP contribution in [-0.2, 0) is 11.2 Å². The molecule has 0 amide bonds. The van der Waals surface area contributed by atoms with Gasteiger partial charge in [-0.25, -0.2) is 0 Å². The summed E-state index contributed by atoms with van der Waals surface area (Å²) in [6.45, 7) is 2.04. The van der Waals surface area contributed by atoms with Gasteiger partial charge in [-0.15, -0.1) is 0 Å². The van der Waals surface area contributed by atoms with Gasteiger partial charge in [0.15, 0.2) is 0 Å². The minimum Gasteiger partial charge on any atom is -0.481 e. The lowest BCUT2D eigenvalue weighted by Gasteiger charge is -2.29. The summed E-state index contributed by atoms with van der Waals surface area (Å²) >= 11 is 5.90. The number of carboxylic acids is 1. The van der Waals surface area contributed by atoms with E-state index in [1.54, 1.807) is 0 Å². The predicted molar refractivity (Wildman–Crippen MR) is 81.2 cm³/mol. The van der Waals surface area contributed by atoms with Crippen molar-refractivity contribution in [3.05, 3.63) is 34.9 Å². The van der Waals surface area contributed by atoms with Crippen molar-refractivity contribution in [1.82, 2.24) is 4.90 Å². The molecule has 4 heteroatoms. The van der Waals surface area contributed by atoms with Crippen LogP contribution >= 0.6 is 11.6 Å². The fourth-order valence-corrected chi connectivity index (χ4v) is 3.01. The standard InChI is InChI=1S/C16H22ClNO2/c17-14-7-5-13(6-8-14)11-15(12-16(19)20)18-9-3-1-2-4-10-18/h5-8,15H,1-4,9-12H2,(H,19,20). The number of aliphatic carboxylic acids is 1. The number of hydrogen-bond acceptors (Lipinski definition) is 2. The molecule has 20 heavy (non-hydrogen) atoms. The molecule has 1 atom stereocenters. The van der Waals surface area contributed by atoms with Gasteiger partial charge in [-0.05, 0) is 50.0 Å². The predicted octanol–water partition coefficient (Wildman–Crippen LogP) is 3.60. The second-order valence-corrected chi connectivity index (χ2v) is 5.97. The molecule has 1 aromatic rings. The Hall–Kier alpha value is -1.06. The molecule has 0 bridgehead atoms. The first-order chi connectivity index (χ1) is 9.65. The van der Waals surface area contributed by atoms with Crippen LogP contribution in [0.2, 0.25) is 5.02 Å². The first kappa shape index (κ1) is 15.3. The van der Waals surface area contributed by atoms with Crippen LogP contribution < -0.4 is 0 Å². The van der Waals surface area contributed by atoms with Gasteiger partial charge in [0.2, 0.25) is 0 Å². The molecule has 0 spiro atoms. The van der Waals surface area contributed by atoms with E-state index in [1.807, 2.05) is 24.3 Å². The summed E-state index contributed by atoms with van der Waals surface area (Å²) in [6.07, 6.45) is 5.87. The van der Waals surface area contributed by atoms with E-state index in [-0.39, 0.29) is 12.5 Å². The molecule has 2 rings (SSSR count). The van der Waals surface area contributed by atoms with Crippen molar-refractivity contribution < 1.29 is 9.90 Å². The molecular formula is C16H22ClNO2. The van der Waals surface area contributed by atoms with E-state index >= 15 is 0 Å². The summed E-state index contributed by atoms with van der Waals surface area (Å²) < 4.78 is 0. The fraction of sp³-hybridized carbons (Fsp3) is 0.562. The van der Waals surface area contributed by atoms with E-state index in [2.05, 4.69) is 4.90 Å². The molecule has 1 aromatic carbocycles. The Balaban J connectivity index is 2.05. The minimum atomic E-state index is -0.715. The number of carboxylic acid groups (broad SMARTS) is 1. The first-order valence-electron chi connectivity index (χ1n) is 7.35. The molecule has 110 valence electrons. The molecule has 1 unspecified atom stereocenters. The van der Waals surface area contributed by atoms with Gasteiger partial charge in [0, 0.05) is 11.1 Å². The molecule has 1 aliphatic rings. The smallest absolute Gasteiger partial charge is 0.304 e. The van der Waals surface area contributed by atoms with Gasteiger partial charge in [-0.1, -0.05) is 36.6 Å². The summed E-state index contributed by atoms with van der Waals surface area (Å²) in [5, 5.41) is 9.88. The Morgan fingerprint density at radius 2 is 1.75 bits per heavy atom. The number of likely N-dealkylation sites (tertiary alicyclic amines) is 1. The van der Waals surface area contributed by atoms with Gasteiger partial charge in [-0.2, -0.15) is 0 Å². The molecular weight excluding hydrogens is 274 g/mol. The Morgan fingerprint density at radius 3 is 2.30 bits per heavy atom. The van der Waals surface area contributed by atoms with Crippen molar-refractivity contribution in [1.29, 1.82) is 0 Å². The molecule has 0 saturated carbocycles. The van der Waals surface area contributed by atoms with Crippen molar-refractivity contribution in [2.45, 2.75) is 44.6 Å². The van der Waals surface area contributed by atoms with E-state index in [9.17, 15) is 4.79 Å². The highest BCUT2D eigenvalue weighted by atomic mass is 35.5. The van der Waals surface area contributed by atoms with E-state index in [4.69, 9.17) is 16.7 Å². The third kappa shape index (κ3) is 4.80. The summed E-state index contributed by atoms with van der Waals surface area (Å²) in [6, 6.07) is 7.82. The number of halogens is 1. The molecule has 1 aliphatic heterocycles. The summed E-state index contributed by atoms with van der Waals surface area (Å²) in [5.74, 6) is -0.715. The van der Waals surface area contributed by atoms with Crippen molar-refractivity contribution in [3.8, 4) is 0 Å². The maximum absolute atomic E-state index is 11.1. The second-order valence-electron chi connectivity index (χ2n) is 5.53. The minimum absolute atomic E-state index is 0.0896. The van der Waals surface area contributed by atoms with Crippen LogP contribution in [0.4, 0.5) is 0 Å². The van der Waals surface area contributed by atoms with Crippen LogP contribution in [0.25, 0.3) is 0 Å². The molecule has 0 radical (unpaired) electrons. The van der Waals surface area contributed by atoms with Crippen LogP contribution in [0.3, 0.4) is 0 Å². The van der Waals surface area contributed by atoms with Gasteiger partial charge in [0.05, 0.1) is 6.42 Å². The van der Waals surface area contributed by atoms with Gasteiger partial charge in [0.1, 0.15) is 0 Å². The van der Waals surface area contributed by atoms with Gasteiger partial charge < -0.3 is 5.11 Å².